The zero-order valence-electron chi connectivity index (χ0n) is 16.0. The largest absolute Gasteiger partial charge is 0.496 e. The molecule has 4 saturated carbocycles. The Morgan fingerprint density at radius 1 is 1.19 bits per heavy atom. The normalized spacial score (nSPS) is 33.4. The van der Waals surface area contributed by atoms with Gasteiger partial charge >= 0.3 is 0 Å². The third-order valence-electron chi connectivity index (χ3n) is 7.10. The molecule has 4 aliphatic rings. The van der Waals surface area contributed by atoms with Gasteiger partial charge in [-0.3, -0.25) is 4.79 Å². The van der Waals surface area contributed by atoms with Crippen LogP contribution in [0.4, 0.5) is 0 Å². The summed E-state index contributed by atoms with van der Waals surface area (Å²) in [5.41, 5.74) is 1.30. The van der Waals surface area contributed by atoms with Crippen LogP contribution in [-0.2, 0) is 4.79 Å². The van der Waals surface area contributed by atoms with Crippen molar-refractivity contribution in [3.63, 3.8) is 0 Å². The fourth-order valence-corrected chi connectivity index (χ4v) is 6.48. The number of carbonyl (C=O) groups excluding carboxylic acids is 1. The van der Waals surface area contributed by atoms with E-state index in [0.29, 0.717) is 11.5 Å². The van der Waals surface area contributed by atoms with Crippen LogP contribution < -0.4 is 10.1 Å². The number of benzene rings is 1. The van der Waals surface area contributed by atoms with Gasteiger partial charge in [-0.25, -0.2) is 0 Å². The first-order chi connectivity index (χ1) is 12.6. The molecule has 4 aliphatic carbocycles. The highest BCUT2D eigenvalue weighted by molar-refractivity contribution is 5.92. The summed E-state index contributed by atoms with van der Waals surface area (Å²) in [5, 5.41) is 3.36. The van der Waals surface area contributed by atoms with Crippen molar-refractivity contribution < 1.29 is 9.53 Å². The predicted molar refractivity (Wildman–Crippen MR) is 105 cm³/mol. The number of hydrogen-bond donors (Lipinski definition) is 1. The second kappa shape index (κ2) is 7.09. The first-order valence-corrected chi connectivity index (χ1v) is 10.2. The maximum atomic E-state index is 12.6. The molecule has 0 spiro atoms. The van der Waals surface area contributed by atoms with Crippen molar-refractivity contribution in [1.29, 1.82) is 0 Å². The van der Waals surface area contributed by atoms with Crippen LogP contribution in [0.15, 0.2) is 30.3 Å². The van der Waals surface area contributed by atoms with Crippen molar-refractivity contribution in [2.75, 3.05) is 7.11 Å². The van der Waals surface area contributed by atoms with Crippen molar-refractivity contribution in [1.82, 2.24) is 5.32 Å². The average Bonchev–Trinajstić information content (AvgIpc) is 2.63. The molecule has 140 valence electrons. The van der Waals surface area contributed by atoms with Crippen molar-refractivity contribution >= 4 is 12.0 Å². The summed E-state index contributed by atoms with van der Waals surface area (Å²) in [7, 11) is 1.66. The van der Waals surface area contributed by atoms with Crippen molar-refractivity contribution in [2.24, 2.45) is 23.2 Å². The van der Waals surface area contributed by atoms with Gasteiger partial charge in [0.05, 0.1) is 7.11 Å². The summed E-state index contributed by atoms with van der Waals surface area (Å²) >= 11 is 0. The number of methoxy groups -OCH3 is 1. The Morgan fingerprint density at radius 3 is 2.38 bits per heavy atom. The lowest BCUT2D eigenvalue weighted by molar-refractivity contribution is -0.122. The Morgan fingerprint density at radius 2 is 1.81 bits per heavy atom. The molecule has 1 atom stereocenters. The molecule has 1 aromatic carbocycles. The molecule has 4 bridgehead atoms. The summed E-state index contributed by atoms with van der Waals surface area (Å²) in [6.07, 6.45) is 12.9. The molecule has 26 heavy (non-hydrogen) atoms. The minimum absolute atomic E-state index is 0.0264. The number of nitrogens with one attached hydrogen (secondary N) is 1. The topological polar surface area (TPSA) is 38.3 Å². The molecular formula is C23H31NO2. The van der Waals surface area contributed by atoms with Gasteiger partial charge in [0.25, 0.3) is 0 Å². The van der Waals surface area contributed by atoms with Crippen molar-refractivity contribution in [2.45, 2.75) is 57.9 Å². The van der Waals surface area contributed by atoms with Crippen LogP contribution in [0, 0.1) is 23.2 Å². The van der Waals surface area contributed by atoms with Crippen molar-refractivity contribution in [3.8, 4) is 5.75 Å². The Bertz CT molecular complexity index is 658. The molecule has 3 heteroatoms. The lowest BCUT2D eigenvalue weighted by Crippen LogP contribution is -2.56. The van der Waals surface area contributed by atoms with Gasteiger partial charge in [0.2, 0.25) is 5.91 Å². The van der Waals surface area contributed by atoms with E-state index < -0.39 is 0 Å². The Balaban J connectivity index is 1.45. The third kappa shape index (κ3) is 3.28. The molecule has 1 amide bonds. The van der Waals surface area contributed by atoms with Crippen LogP contribution in [-0.4, -0.2) is 19.1 Å². The van der Waals surface area contributed by atoms with Gasteiger partial charge in [0.15, 0.2) is 0 Å². The van der Waals surface area contributed by atoms with E-state index in [1.807, 2.05) is 30.3 Å². The van der Waals surface area contributed by atoms with Gasteiger partial charge in [0.1, 0.15) is 5.75 Å². The fourth-order valence-electron chi connectivity index (χ4n) is 6.48. The minimum atomic E-state index is 0.0264. The van der Waals surface area contributed by atoms with Gasteiger partial charge in [-0.1, -0.05) is 25.1 Å². The standard InChI is InChI=1S/C23H31NO2/c1-3-21(23-13-16-10-17(14-23)12-18(11-16)15-23)24-22(25)9-8-19-6-4-5-7-20(19)26-2/h4-9,16-18,21H,3,10-15H2,1-2H3,(H,24,25)/b9-8+/t16?,17?,18?,21-,23?/m0/s1. The van der Waals surface area contributed by atoms with E-state index in [0.717, 1.165) is 35.5 Å². The molecule has 3 nitrogen and oxygen atoms in total. The molecule has 0 radical (unpaired) electrons. The summed E-state index contributed by atoms with van der Waals surface area (Å²) in [4.78, 5) is 12.6. The van der Waals surface area contributed by atoms with Gasteiger partial charge in [-0.15, -0.1) is 0 Å². The van der Waals surface area contributed by atoms with E-state index in [-0.39, 0.29) is 5.91 Å². The van der Waals surface area contributed by atoms with Crippen LogP contribution >= 0.6 is 0 Å². The first-order valence-electron chi connectivity index (χ1n) is 10.2. The van der Waals surface area contributed by atoms with Crippen LogP contribution in [0.25, 0.3) is 6.08 Å². The molecule has 0 heterocycles. The third-order valence-corrected chi connectivity index (χ3v) is 7.10. The lowest BCUT2D eigenvalue weighted by atomic mass is 9.47. The zero-order chi connectivity index (χ0) is 18.1. The molecule has 5 rings (SSSR count). The molecular weight excluding hydrogens is 322 g/mol. The van der Waals surface area contributed by atoms with E-state index >= 15 is 0 Å². The summed E-state index contributed by atoms with van der Waals surface area (Å²) in [6, 6.07) is 8.10. The lowest BCUT2D eigenvalue weighted by Gasteiger charge is -2.59. The van der Waals surface area contributed by atoms with Gasteiger partial charge in [-0.2, -0.15) is 0 Å². The number of ether oxygens (including phenoxy) is 1. The van der Waals surface area contributed by atoms with Crippen molar-refractivity contribution in [3.05, 3.63) is 35.9 Å². The number of para-hydroxylation sites is 1. The number of rotatable bonds is 6. The SMILES string of the molecule is CC[C@H](NC(=O)/C=C/c1ccccc1OC)C12CC3CC(CC(C3)C1)C2. The quantitative estimate of drug-likeness (QED) is 0.745. The monoisotopic (exact) mass is 353 g/mol. The predicted octanol–water partition coefficient (Wildman–Crippen LogP) is 4.82. The summed E-state index contributed by atoms with van der Waals surface area (Å²) in [5.74, 6) is 3.56. The minimum Gasteiger partial charge on any atom is -0.496 e. The highest BCUT2D eigenvalue weighted by Gasteiger charge is 2.53. The Hall–Kier alpha value is -1.77. The molecule has 0 unspecified atom stereocenters. The van der Waals surface area contributed by atoms with Crippen LogP contribution in [0.5, 0.6) is 5.75 Å². The van der Waals surface area contributed by atoms with E-state index in [1.165, 1.54) is 38.5 Å². The molecule has 1 aromatic rings. The maximum Gasteiger partial charge on any atom is 0.244 e. The molecule has 0 aromatic heterocycles. The zero-order valence-corrected chi connectivity index (χ0v) is 16.0. The number of hydrogen-bond acceptors (Lipinski definition) is 2. The fraction of sp³-hybridized carbons (Fsp3) is 0.609. The first kappa shape index (κ1) is 17.6. The van der Waals surface area contributed by atoms with Crippen LogP contribution in [0.1, 0.15) is 57.4 Å². The Labute approximate surface area is 157 Å². The van der Waals surface area contributed by atoms with Gasteiger partial charge < -0.3 is 10.1 Å². The highest BCUT2D eigenvalue weighted by atomic mass is 16.5. The Kier molecular flexibility index (Phi) is 4.81. The highest BCUT2D eigenvalue weighted by Crippen LogP contribution is 2.61. The van der Waals surface area contributed by atoms with Crippen LogP contribution in [0.2, 0.25) is 0 Å². The van der Waals surface area contributed by atoms with Gasteiger partial charge in [0, 0.05) is 17.7 Å². The van der Waals surface area contributed by atoms with E-state index in [4.69, 9.17) is 4.74 Å². The average molecular weight is 354 g/mol. The maximum absolute atomic E-state index is 12.6. The van der Waals surface area contributed by atoms with Crippen LogP contribution in [0.3, 0.4) is 0 Å². The van der Waals surface area contributed by atoms with E-state index in [9.17, 15) is 4.79 Å². The molecule has 0 aliphatic heterocycles. The molecule has 4 fully saturated rings. The van der Waals surface area contributed by atoms with E-state index in [1.54, 1.807) is 13.2 Å². The van der Waals surface area contributed by atoms with E-state index in [2.05, 4.69) is 12.2 Å². The second-order valence-electron chi connectivity index (χ2n) is 8.82. The number of carbonyl (C=O) groups is 1. The second-order valence-corrected chi connectivity index (χ2v) is 8.82. The molecule has 0 saturated heterocycles. The summed E-state index contributed by atoms with van der Waals surface area (Å²) < 4.78 is 5.36. The number of amides is 1. The van der Waals surface area contributed by atoms with Gasteiger partial charge in [-0.05, 0) is 80.3 Å². The molecule has 1 N–H and O–H groups in total. The smallest absolute Gasteiger partial charge is 0.244 e. The summed E-state index contributed by atoms with van der Waals surface area (Å²) in [6.45, 7) is 2.23.